The molecule has 0 amide bonds. The van der Waals surface area contributed by atoms with Gasteiger partial charge in [-0.2, -0.15) is 0 Å². The maximum absolute atomic E-state index is 13.0. The molecule has 0 bridgehead atoms. The van der Waals surface area contributed by atoms with E-state index in [9.17, 15) is 4.39 Å². The van der Waals surface area contributed by atoms with Crippen molar-refractivity contribution in [2.75, 3.05) is 14.2 Å². The molecule has 1 unspecified atom stereocenters. The Labute approximate surface area is 117 Å². The first-order valence-electron chi connectivity index (χ1n) is 6.13. The normalized spacial score (nSPS) is 12.0. The van der Waals surface area contributed by atoms with E-state index in [1.54, 1.807) is 32.4 Å². The average Bonchev–Trinajstić information content (AvgIpc) is 2.50. The number of ether oxygens (including phenoxy) is 2. The zero-order chi connectivity index (χ0) is 14.5. The Bertz CT molecular complexity index is 573. The van der Waals surface area contributed by atoms with Crippen LogP contribution in [0.25, 0.3) is 0 Å². The fourth-order valence-corrected chi connectivity index (χ4v) is 2.08. The van der Waals surface area contributed by atoms with E-state index >= 15 is 0 Å². The van der Waals surface area contributed by atoms with Gasteiger partial charge in [-0.25, -0.2) is 9.82 Å². The van der Waals surface area contributed by atoms with Gasteiger partial charge in [0.15, 0.2) is 0 Å². The third-order valence-corrected chi connectivity index (χ3v) is 3.12. The molecule has 0 aliphatic heterocycles. The Morgan fingerprint density at radius 1 is 1.05 bits per heavy atom. The van der Waals surface area contributed by atoms with E-state index < -0.39 is 0 Å². The minimum absolute atomic E-state index is 0.286. The van der Waals surface area contributed by atoms with Crippen LogP contribution in [0, 0.1) is 5.82 Å². The van der Waals surface area contributed by atoms with E-state index in [0.29, 0.717) is 11.5 Å². The minimum atomic E-state index is -0.295. The molecular weight excluding hydrogens is 259 g/mol. The van der Waals surface area contributed by atoms with Gasteiger partial charge >= 0.3 is 0 Å². The minimum Gasteiger partial charge on any atom is -0.497 e. The summed E-state index contributed by atoms with van der Waals surface area (Å²) in [5.74, 6) is 6.70. The van der Waals surface area contributed by atoms with Crippen LogP contribution in [0.1, 0.15) is 17.2 Å². The molecule has 0 aromatic heterocycles. The van der Waals surface area contributed by atoms with Crippen LogP contribution in [-0.2, 0) is 0 Å². The highest BCUT2D eigenvalue weighted by atomic mass is 19.1. The Morgan fingerprint density at radius 3 is 2.30 bits per heavy atom. The Hall–Kier alpha value is -2.11. The van der Waals surface area contributed by atoms with Crippen LogP contribution in [0.4, 0.5) is 4.39 Å². The van der Waals surface area contributed by atoms with Gasteiger partial charge in [0.25, 0.3) is 0 Å². The molecular formula is C15H17FN2O2. The van der Waals surface area contributed by atoms with Crippen LogP contribution in [0.3, 0.4) is 0 Å². The lowest BCUT2D eigenvalue weighted by molar-refractivity contribution is 0.387. The molecule has 0 aliphatic rings. The van der Waals surface area contributed by atoms with E-state index in [4.69, 9.17) is 15.3 Å². The fourth-order valence-electron chi connectivity index (χ4n) is 2.08. The molecule has 3 N–H and O–H groups in total. The molecule has 2 rings (SSSR count). The van der Waals surface area contributed by atoms with Gasteiger partial charge < -0.3 is 9.47 Å². The van der Waals surface area contributed by atoms with E-state index in [-0.39, 0.29) is 11.9 Å². The number of methoxy groups -OCH3 is 2. The number of halogens is 1. The zero-order valence-electron chi connectivity index (χ0n) is 11.4. The van der Waals surface area contributed by atoms with Crippen molar-refractivity contribution < 1.29 is 13.9 Å². The van der Waals surface area contributed by atoms with Crippen molar-refractivity contribution in [2.24, 2.45) is 5.84 Å². The molecule has 0 radical (unpaired) electrons. The van der Waals surface area contributed by atoms with Gasteiger partial charge in [-0.05, 0) is 29.8 Å². The maximum atomic E-state index is 13.0. The van der Waals surface area contributed by atoms with Gasteiger partial charge in [0.1, 0.15) is 17.3 Å². The number of hydrazine groups is 1. The van der Waals surface area contributed by atoms with Crippen molar-refractivity contribution in [3.8, 4) is 11.5 Å². The number of hydrogen-bond donors (Lipinski definition) is 2. The van der Waals surface area contributed by atoms with Crippen molar-refractivity contribution in [2.45, 2.75) is 6.04 Å². The van der Waals surface area contributed by atoms with Gasteiger partial charge in [0.2, 0.25) is 0 Å². The Balaban J connectivity index is 2.43. The lowest BCUT2D eigenvalue weighted by Crippen LogP contribution is -2.29. The van der Waals surface area contributed by atoms with Gasteiger partial charge in [0, 0.05) is 11.6 Å². The van der Waals surface area contributed by atoms with Crippen LogP contribution in [0.2, 0.25) is 0 Å². The summed E-state index contributed by atoms with van der Waals surface area (Å²) >= 11 is 0. The van der Waals surface area contributed by atoms with Gasteiger partial charge in [-0.15, -0.1) is 0 Å². The standard InChI is InChI=1S/C15H17FN2O2/c1-19-12-7-8-13(14(9-12)20-2)15(18-17)10-3-5-11(16)6-4-10/h3-9,15,18H,17H2,1-2H3. The second-order valence-corrected chi connectivity index (χ2v) is 4.26. The number of benzene rings is 2. The van der Waals surface area contributed by atoms with Crippen LogP contribution in [0.15, 0.2) is 42.5 Å². The highest BCUT2D eigenvalue weighted by Gasteiger charge is 2.17. The Kier molecular flexibility index (Phi) is 4.55. The van der Waals surface area contributed by atoms with E-state index in [1.165, 1.54) is 12.1 Å². The molecule has 0 saturated heterocycles. The molecule has 0 heterocycles. The van der Waals surface area contributed by atoms with Gasteiger partial charge in [-0.3, -0.25) is 5.84 Å². The fraction of sp³-hybridized carbons (Fsp3) is 0.200. The summed E-state index contributed by atoms with van der Waals surface area (Å²) < 4.78 is 23.5. The number of nitrogens with one attached hydrogen (secondary N) is 1. The maximum Gasteiger partial charge on any atom is 0.127 e. The highest BCUT2D eigenvalue weighted by molar-refractivity contribution is 5.46. The zero-order valence-corrected chi connectivity index (χ0v) is 11.4. The van der Waals surface area contributed by atoms with Crippen molar-refractivity contribution in [1.29, 1.82) is 0 Å². The van der Waals surface area contributed by atoms with Crippen molar-refractivity contribution >= 4 is 0 Å². The van der Waals surface area contributed by atoms with E-state index in [2.05, 4.69) is 5.43 Å². The predicted octanol–water partition coefficient (Wildman–Crippen LogP) is 2.40. The van der Waals surface area contributed by atoms with E-state index in [1.807, 2.05) is 12.1 Å². The third kappa shape index (κ3) is 2.89. The van der Waals surface area contributed by atoms with Crippen molar-refractivity contribution in [1.82, 2.24) is 5.43 Å². The second kappa shape index (κ2) is 6.36. The number of nitrogens with two attached hydrogens (primary N) is 1. The van der Waals surface area contributed by atoms with Crippen molar-refractivity contribution in [3.63, 3.8) is 0 Å². The number of rotatable bonds is 5. The molecule has 0 aliphatic carbocycles. The lowest BCUT2D eigenvalue weighted by atomic mass is 9.98. The molecule has 20 heavy (non-hydrogen) atoms. The topological polar surface area (TPSA) is 56.5 Å². The second-order valence-electron chi connectivity index (χ2n) is 4.26. The first kappa shape index (κ1) is 14.3. The average molecular weight is 276 g/mol. The summed E-state index contributed by atoms with van der Waals surface area (Å²) in [6, 6.07) is 11.3. The summed E-state index contributed by atoms with van der Waals surface area (Å²) in [6.45, 7) is 0. The number of hydrogen-bond acceptors (Lipinski definition) is 4. The molecule has 0 spiro atoms. The van der Waals surface area contributed by atoms with Crippen LogP contribution in [-0.4, -0.2) is 14.2 Å². The molecule has 0 fully saturated rings. The Morgan fingerprint density at radius 2 is 1.75 bits per heavy atom. The summed E-state index contributed by atoms with van der Waals surface area (Å²) in [5, 5.41) is 0. The van der Waals surface area contributed by atoms with Gasteiger partial charge in [-0.1, -0.05) is 12.1 Å². The predicted molar refractivity (Wildman–Crippen MR) is 75.1 cm³/mol. The quantitative estimate of drug-likeness (QED) is 0.650. The smallest absolute Gasteiger partial charge is 0.127 e. The largest absolute Gasteiger partial charge is 0.497 e. The molecule has 2 aromatic carbocycles. The van der Waals surface area contributed by atoms with Crippen LogP contribution >= 0.6 is 0 Å². The third-order valence-electron chi connectivity index (χ3n) is 3.12. The molecule has 0 saturated carbocycles. The molecule has 5 heteroatoms. The van der Waals surface area contributed by atoms with Crippen molar-refractivity contribution in [3.05, 3.63) is 59.4 Å². The summed E-state index contributed by atoms with van der Waals surface area (Å²) in [4.78, 5) is 0. The van der Waals surface area contributed by atoms with Crippen LogP contribution < -0.4 is 20.7 Å². The summed E-state index contributed by atoms with van der Waals surface area (Å²) in [6.07, 6.45) is 0. The molecule has 2 aromatic rings. The SMILES string of the molecule is COc1ccc(C(NN)c2ccc(F)cc2)c(OC)c1. The molecule has 106 valence electrons. The monoisotopic (exact) mass is 276 g/mol. The first-order valence-corrected chi connectivity index (χ1v) is 6.13. The molecule has 1 atom stereocenters. The lowest BCUT2D eigenvalue weighted by Gasteiger charge is -2.20. The van der Waals surface area contributed by atoms with E-state index in [0.717, 1.165) is 11.1 Å². The van der Waals surface area contributed by atoms with Crippen LogP contribution in [0.5, 0.6) is 11.5 Å². The first-order chi connectivity index (χ1) is 9.69. The highest BCUT2D eigenvalue weighted by Crippen LogP contribution is 2.32. The molecule has 4 nitrogen and oxygen atoms in total. The van der Waals surface area contributed by atoms with Gasteiger partial charge in [0.05, 0.1) is 20.3 Å². The summed E-state index contributed by atoms with van der Waals surface area (Å²) in [5.41, 5.74) is 4.42. The summed E-state index contributed by atoms with van der Waals surface area (Å²) in [7, 11) is 3.17.